The van der Waals surface area contributed by atoms with E-state index in [-0.39, 0.29) is 5.91 Å². The number of nitrogens with two attached hydrogens (primary N) is 1. The molecule has 0 radical (unpaired) electrons. The number of carbonyl (C=O) groups is 1. The average molecular weight is 312 g/mol. The highest BCUT2D eigenvalue weighted by molar-refractivity contribution is 9.10. The van der Waals surface area contributed by atoms with Crippen LogP contribution in [0.4, 0.5) is 5.69 Å². The molecule has 2 rings (SSSR count). The van der Waals surface area contributed by atoms with Crippen LogP contribution in [0.5, 0.6) is 0 Å². The first kappa shape index (κ1) is 13.4. The van der Waals surface area contributed by atoms with Crippen LogP contribution >= 0.6 is 15.9 Å². The van der Waals surface area contributed by atoms with Gasteiger partial charge >= 0.3 is 0 Å². The number of benzene rings is 1. The van der Waals surface area contributed by atoms with E-state index in [1.54, 1.807) is 0 Å². The Kier molecular flexibility index (Phi) is 4.24. The van der Waals surface area contributed by atoms with Crippen molar-refractivity contribution < 1.29 is 4.79 Å². The van der Waals surface area contributed by atoms with Crippen LogP contribution in [0.3, 0.4) is 0 Å². The van der Waals surface area contributed by atoms with Crippen molar-refractivity contribution in [3.8, 4) is 0 Å². The zero-order valence-electron chi connectivity index (χ0n) is 10.4. The molecule has 1 saturated carbocycles. The predicted octanol–water partition coefficient (Wildman–Crippen LogP) is 1.74. The number of carbonyl (C=O) groups excluding carboxylic acids is 1. The van der Waals surface area contributed by atoms with Crippen molar-refractivity contribution in [2.45, 2.75) is 25.4 Å². The Morgan fingerprint density at radius 3 is 2.89 bits per heavy atom. The second-order valence-corrected chi connectivity index (χ2v) is 5.72. The highest BCUT2D eigenvalue weighted by Gasteiger charge is 2.23. The van der Waals surface area contributed by atoms with E-state index in [0.29, 0.717) is 12.6 Å². The SMILES string of the molecule is CN(CC(=O)NC1CC1)Cc1ccc(N)cc1Br. The van der Waals surface area contributed by atoms with Gasteiger partial charge in [-0.1, -0.05) is 22.0 Å². The van der Waals surface area contributed by atoms with Gasteiger partial charge in [0.1, 0.15) is 0 Å². The molecule has 5 heteroatoms. The van der Waals surface area contributed by atoms with Crippen LogP contribution in [-0.4, -0.2) is 30.4 Å². The molecule has 4 nitrogen and oxygen atoms in total. The molecule has 18 heavy (non-hydrogen) atoms. The summed E-state index contributed by atoms with van der Waals surface area (Å²) in [4.78, 5) is 13.6. The fourth-order valence-corrected chi connectivity index (χ4v) is 2.31. The number of hydrogen-bond acceptors (Lipinski definition) is 3. The Balaban J connectivity index is 1.85. The Hall–Kier alpha value is -1.07. The summed E-state index contributed by atoms with van der Waals surface area (Å²) in [5, 5.41) is 2.98. The lowest BCUT2D eigenvalue weighted by atomic mass is 10.2. The number of nitrogens with zero attached hydrogens (tertiary/aromatic N) is 1. The maximum atomic E-state index is 11.6. The summed E-state index contributed by atoms with van der Waals surface area (Å²) in [6.45, 7) is 1.15. The van der Waals surface area contributed by atoms with Gasteiger partial charge in [-0.25, -0.2) is 0 Å². The van der Waals surface area contributed by atoms with Crippen molar-refractivity contribution in [2.75, 3.05) is 19.3 Å². The molecular formula is C13H18BrN3O. The summed E-state index contributed by atoms with van der Waals surface area (Å²) in [6.07, 6.45) is 2.25. The number of likely N-dealkylation sites (N-methyl/N-ethyl adjacent to an activating group) is 1. The molecule has 0 spiro atoms. The first-order valence-electron chi connectivity index (χ1n) is 6.06. The molecule has 1 fully saturated rings. The van der Waals surface area contributed by atoms with Gasteiger partial charge < -0.3 is 11.1 Å². The molecule has 3 N–H and O–H groups in total. The minimum Gasteiger partial charge on any atom is -0.399 e. The number of nitrogens with one attached hydrogen (secondary N) is 1. The van der Waals surface area contributed by atoms with Crippen LogP contribution in [-0.2, 0) is 11.3 Å². The Morgan fingerprint density at radius 1 is 1.56 bits per heavy atom. The lowest BCUT2D eigenvalue weighted by Crippen LogP contribution is -2.36. The van der Waals surface area contributed by atoms with Crippen LogP contribution in [0, 0.1) is 0 Å². The van der Waals surface area contributed by atoms with Gasteiger partial charge in [0, 0.05) is 22.7 Å². The molecule has 0 atom stereocenters. The summed E-state index contributed by atoms with van der Waals surface area (Å²) >= 11 is 3.48. The fourth-order valence-electron chi connectivity index (χ4n) is 1.78. The highest BCUT2D eigenvalue weighted by atomic mass is 79.9. The maximum Gasteiger partial charge on any atom is 0.234 e. The van der Waals surface area contributed by atoms with Crippen molar-refractivity contribution in [1.29, 1.82) is 0 Å². The van der Waals surface area contributed by atoms with Crippen molar-refractivity contribution in [2.24, 2.45) is 0 Å². The van der Waals surface area contributed by atoms with E-state index in [2.05, 4.69) is 21.2 Å². The topological polar surface area (TPSA) is 58.4 Å². The van der Waals surface area contributed by atoms with E-state index in [0.717, 1.165) is 35.1 Å². The van der Waals surface area contributed by atoms with Crippen molar-refractivity contribution >= 4 is 27.5 Å². The molecule has 0 saturated heterocycles. The molecule has 1 aromatic rings. The van der Waals surface area contributed by atoms with E-state index >= 15 is 0 Å². The van der Waals surface area contributed by atoms with Crippen LogP contribution in [0.1, 0.15) is 18.4 Å². The average Bonchev–Trinajstić information content (AvgIpc) is 3.05. The van der Waals surface area contributed by atoms with Gasteiger partial charge in [0.15, 0.2) is 0 Å². The third-order valence-electron chi connectivity index (χ3n) is 2.87. The van der Waals surface area contributed by atoms with Crippen LogP contribution < -0.4 is 11.1 Å². The lowest BCUT2D eigenvalue weighted by Gasteiger charge is -2.17. The minimum absolute atomic E-state index is 0.103. The van der Waals surface area contributed by atoms with Gasteiger partial charge in [0.2, 0.25) is 5.91 Å². The molecule has 1 aliphatic rings. The summed E-state index contributed by atoms with van der Waals surface area (Å²) in [6, 6.07) is 6.16. The van der Waals surface area contributed by atoms with Gasteiger partial charge in [0.25, 0.3) is 0 Å². The first-order chi connectivity index (χ1) is 8.54. The van der Waals surface area contributed by atoms with Crippen LogP contribution in [0.25, 0.3) is 0 Å². The molecular weight excluding hydrogens is 294 g/mol. The summed E-state index contributed by atoms with van der Waals surface area (Å²) in [5.41, 5.74) is 7.56. The molecule has 0 aromatic heterocycles. The number of nitrogen functional groups attached to an aromatic ring is 1. The summed E-state index contributed by atoms with van der Waals surface area (Å²) in [5.74, 6) is 0.103. The molecule has 1 aliphatic carbocycles. The standard InChI is InChI=1S/C13H18BrN3O/c1-17(8-13(18)16-11-4-5-11)7-9-2-3-10(15)6-12(9)14/h2-3,6,11H,4-5,7-8,15H2,1H3,(H,16,18). The van der Waals surface area contributed by atoms with Crippen molar-refractivity contribution in [1.82, 2.24) is 10.2 Å². The largest absolute Gasteiger partial charge is 0.399 e. The smallest absolute Gasteiger partial charge is 0.234 e. The van der Waals surface area contributed by atoms with Crippen LogP contribution in [0.2, 0.25) is 0 Å². The zero-order valence-corrected chi connectivity index (χ0v) is 12.0. The second kappa shape index (κ2) is 5.71. The highest BCUT2D eigenvalue weighted by Crippen LogP contribution is 2.21. The van der Waals surface area contributed by atoms with Gasteiger partial charge in [0.05, 0.1) is 6.54 Å². The van der Waals surface area contributed by atoms with E-state index in [9.17, 15) is 4.79 Å². The third kappa shape index (κ3) is 3.99. The Labute approximate surface area is 116 Å². The van der Waals surface area contributed by atoms with Gasteiger partial charge in [-0.3, -0.25) is 9.69 Å². The van der Waals surface area contributed by atoms with Gasteiger partial charge in [-0.2, -0.15) is 0 Å². The zero-order chi connectivity index (χ0) is 13.1. The molecule has 0 aliphatic heterocycles. The number of halogens is 1. The number of amides is 1. The molecule has 1 amide bonds. The monoisotopic (exact) mass is 311 g/mol. The third-order valence-corrected chi connectivity index (χ3v) is 3.61. The maximum absolute atomic E-state index is 11.6. The lowest BCUT2D eigenvalue weighted by molar-refractivity contribution is -0.122. The minimum atomic E-state index is 0.103. The molecule has 0 heterocycles. The molecule has 0 bridgehead atoms. The normalized spacial score (nSPS) is 14.8. The van der Waals surface area contributed by atoms with Gasteiger partial charge in [-0.05, 0) is 37.6 Å². The van der Waals surface area contributed by atoms with Crippen molar-refractivity contribution in [3.05, 3.63) is 28.2 Å². The van der Waals surface area contributed by atoms with Gasteiger partial charge in [-0.15, -0.1) is 0 Å². The quantitative estimate of drug-likeness (QED) is 0.814. The Bertz CT molecular complexity index is 446. The van der Waals surface area contributed by atoms with Crippen LogP contribution in [0.15, 0.2) is 22.7 Å². The summed E-state index contributed by atoms with van der Waals surface area (Å²) < 4.78 is 0.983. The second-order valence-electron chi connectivity index (χ2n) is 4.86. The fraction of sp³-hybridized carbons (Fsp3) is 0.462. The van der Waals surface area contributed by atoms with Crippen molar-refractivity contribution in [3.63, 3.8) is 0 Å². The van der Waals surface area contributed by atoms with E-state index in [4.69, 9.17) is 5.73 Å². The van der Waals surface area contributed by atoms with E-state index < -0.39 is 0 Å². The summed E-state index contributed by atoms with van der Waals surface area (Å²) in [7, 11) is 1.94. The molecule has 1 aromatic carbocycles. The van der Waals surface area contributed by atoms with E-state index in [1.807, 2.05) is 30.1 Å². The number of anilines is 1. The first-order valence-corrected chi connectivity index (χ1v) is 6.85. The Morgan fingerprint density at radius 2 is 2.28 bits per heavy atom. The number of hydrogen-bond donors (Lipinski definition) is 2. The number of rotatable bonds is 5. The molecule has 98 valence electrons. The van der Waals surface area contributed by atoms with E-state index in [1.165, 1.54) is 0 Å². The molecule has 0 unspecified atom stereocenters. The predicted molar refractivity (Wildman–Crippen MR) is 76.1 cm³/mol.